The smallest absolute Gasteiger partial charge is 0.252 e. The Labute approximate surface area is 127 Å². The number of thiophene rings is 1. The predicted molar refractivity (Wildman–Crippen MR) is 81.1 cm³/mol. The van der Waals surface area contributed by atoms with Gasteiger partial charge in [-0.1, -0.05) is 29.8 Å². The number of nitrogens with zero attached hydrogens (tertiary/aromatic N) is 1. The molecule has 1 aromatic heterocycles. The van der Waals surface area contributed by atoms with E-state index in [1.54, 1.807) is 29.6 Å². The topological polar surface area (TPSA) is 46.6 Å². The lowest BCUT2D eigenvalue weighted by Gasteiger charge is -2.16. The van der Waals surface area contributed by atoms with Crippen LogP contribution in [0.5, 0.6) is 5.75 Å². The number of rotatable bonds is 6. The molecule has 0 amide bonds. The predicted octanol–water partition coefficient (Wildman–Crippen LogP) is 3.10. The van der Waals surface area contributed by atoms with Crippen molar-refractivity contribution in [1.82, 2.24) is 4.31 Å². The van der Waals surface area contributed by atoms with Crippen molar-refractivity contribution in [2.45, 2.75) is 4.21 Å². The summed E-state index contributed by atoms with van der Waals surface area (Å²) in [6.45, 7) is 0.496. The number of halogens is 1. The van der Waals surface area contributed by atoms with Crippen LogP contribution in [-0.2, 0) is 10.0 Å². The number of hydrogen-bond acceptors (Lipinski definition) is 4. The zero-order valence-corrected chi connectivity index (χ0v) is 13.2. The van der Waals surface area contributed by atoms with Crippen LogP contribution >= 0.6 is 22.9 Å². The Kier molecular flexibility index (Phi) is 5.04. The molecule has 0 saturated heterocycles. The minimum Gasteiger partial charge on any atom is -0.491 e. The van der Waals surface area contributed by atoms with Gasteiger partial charge in [-0.3, -0.25) is 0 Å². The summed E-state index contributed by atoms with van der Waals surface area (Å²) in [6, 6.07) is 10.4. The molecule has 0 bridgehead atoms. The standard InChI is InChI=1S/C13H14ClNO3S2/c1-15(20(16,17)13-7-4-10-19-13)8-9-18-12-6-3-2-5-11(12)14/h2-7,10H,8-9H2,1H3. The molecule has 0 fully saturated rings. The second-order valence-corrected chi connectivity index (χ2v) is 7.66. The molecule has 0 aliphatic rings. The molecule has 1 aromatic carbocycles. The van der Waals surface area contributed by atoms with Gasteiger partial charge in [-0.05, 0) is 23.6 Å². The van der Waals surface area contributed by atoms with Crippen molar-refractivity contribution in [2.24, 2.45) is 0 Å². The number of hydrogen-bond donors (Lipinski definition) is 0. The maximum atomic E-state index is 12.2. The quantitative estimate of drug-likeness (QED) is 0.817. The first kappa shape index (κ1) is 15.3. The van der Waals surface area contributed by atoms with Gasteiger partial charge in [0.2, 0.25) is 0 Å². The Morgan fingerprint density at radius 2 is 2.00 bits per heavy atom. The van der Waals surface area contributed by atoms with Crippen LogP contribution in [0.25, 0.3) is 0 Å². The van der Waals surface area contributed by atoms with Crippen molar-refractivity contribution >= 4 is 33.0 Å². The van der Waals surface area contributed by atoms with Crippen LogP contribution in [0.4, 0.5) is 0 Å². The van der Waals surface area contributed by atoms with Crippen molar-refractivity contribution in [1.29, 1.82) is 0 Å². The van der Waals surface area contributed by atoms with E-state index in [0.717, 1.165) is 0 Å². The van der Waals surface area contributed by atoms with Gasteiger partial charge in [-0.25, -0.2) is 8.42 Å². The molecule has 1 heterocycles. The highest BCUT2D eigenvalue weighted by Crippen LogP contribution is 2.23. The minimum atomic E-state index is -3.42. The summed E-state index contributed by atoms with van der Waals surface area (Å²) in [5.41, 5.74) is 0. The van der Waals surface area contributed by atoms with Crippen molar-refractivity contribution < 1.29 is 13.2 Å². The third kappa shape index (κ3) is 3.52. The minimum absolute atomic E-state index is 0.241. The lowest BCUT2D eigenvalue weighted by molar-refractivity contribution is 0.287. The number of benzene rings is 1. The highest BCUT2D eigenvalue weighted by molar-refractivity contribution is 7.91. The van der Waals surface area contributed by atoms with E-state index in [0.29, 0.717) is 15.0 Å². The maximum absolute atomic E-state index is 12.2. The van der Waals surface area contributed by atoms with Crippen LogP contribution in [0.3, 0.4) is 0 Å². The number of likely N-dealkylation sites (N-methyl/N-ethyl adjacent to an activating group) is 1. The Bertz CT molecular complexity index is 656. The molecule has 20 heavy (non-hydrogen) atoms. The summed E-state index contributed by atoms with van der Waals surface area (Å²) in [4.78, 5) is 0. The van der Waals surface area contributed by atoms with Gasteiger partial charge in [-0.15, -0.1) is 11.3 Å². The molecule has 0 radical (unpaired) electrons. The highest BCUT2D eigenvalue weighted by Gasteiger charge is 2.21. The van der Waals surface area contributed by atoms with Gasteiger partial charge in [0, 0.05) is 13.6 Å². The Hall–Kier alpha value is -1.08. The molecular formula is C13H14ClNO3S2. The molecule has 0 atom stereocenters. The first-order valence-electron chi connectivity index (χ1n) is 5.89. The fourth-order valence-corrected chi connectivity index (χ4v) is 4.08. The van der Waals surface area contributed by atoms with Crippen LogP contribution in [0, 0.1) is 0 Å². The van der Waals surface area contributed by atoms with E-state index in [-0.39, 0.29) is 13.2 Å². The van der Waals surface area contributed by atoms with Crippen molar-refractivity contribution in [3.05, 3.63) is 46.8 Å². The second kappa shape index (κ2) is 6.58. The molecule has 7 heteroatoms. The summed E-state index contributed by atoms with van der Waals surface area (Å²) >= 11 is 7.15. The van der Waals surface area contributed by atoms with Gasteiger partial charge in [0.1, 0.15) is 16.6 Å². The van der Waals surface area contributed by atoms with E-state index in [1.165, 1.54) is 22.7 Å². The number of sulfonamides is 1. The third-order valence-corrected chi connectivity index (χ3v) is 6.20. The molecule has 0 saturated carbocycles. The molecule has 0 aliphatic carbocycles. The Morgan fingerprint density at radius 3 is 2.65 bits per heavy atom. The van der Waals surface area contributed by atoms with Crippen LogP contribution in [0.1, 0.15) is 0 Å². The van der Waals surface area contributed by atoms with Crippen LogP contribution < -0.4 is 4.74 Å². The summed E-state index contributed by atoms with van der Waals surface area (Å²) in [5.74, 6) is 0.552. The van der Waals surface area contributed by atoms with Crippen LogP contribution in [0.15, 0.2) is 46.0 Å². The first-order chi connectivity index (χ1) is 9.51. The van der Waals surface area contributed by atoms with E-state index in [2.05, 4.69) is 0 Å². The number of ether oxygens (including phenoxy) is 1. The summed E-state index contributed by atoms with van der Waals surface area (Å²) in [5, 5.41) is 2.25. The summed E-state index contributed by atoms with van der Waals surface area (Å²) in [7, 11) is -1.89. The first-order valence-corrected chi connectivity index (χ1v) is 8.59. The van der Waals surface area contributed by atoms with Crippen LogP contribution in [0.2, 0.25) is 5.02 Å². The Morgan fingerprint density at radius 1 is 1.25 bits per heavy atom. The molecule has 2 aromatic rings. The van der Waals surface area contributed by atoms with E-state index in [1.807, 2.05) is 12.1 Å². The lowest BCUT2D eigenvalue weighted by Crippen LogP contribution is -2.30. The fraction of sp³-hybridized carbons (Fsp3) is 0.231. The third-order valence-electron chi connectivity index (χ3n) is 2.66. The van der Waals surface area contributed by atoms with Crippen molar-refractivity contribution in [3.63, 3.8) is 0 Å². The molecule has 108 valence electrons. The zero-order valence-electron chi connectivity index (χ0n) is 10.8. The molecule has 4 nitrogen and oxygen atoms in total. The molecule has 0 unspecified atom stereocenters. The van der Waals surface area contributed by atoms with Crippen molar-refractivity contribution in [3.8, 4) is 5.75 Å². The maximum Gasteiger partial charge on any atom is 0.252 e. The van der Waals surface area contributed by atoms with Crippen molar-refractivity contribution in [2.75, 3.05) is 20.2 Å². The molecule has 0 spiro atoms. The summed E-state index contributed by atoms with van der Waals surface area (Å²) in [6.07, 6.45) is 0. The van der Waals surface area contributed by atoms with Gasteiger partial charge in [-0.2, -0.15) is 4.31 Å². The average molecular weight is 332 g/mol. The van der Waals surface area contributed by atoms with E-state index in [4.69, 9.17) is 16.3 Å². The van der Waals surface area contributed by atoms with E-state index < -0.39 is 10.0 Å². The largest absolute Gasteiger partial charge is 0.491 e. The lowest BCUT2D eigenvalue weighted by atomic mass is 10.3. The summed E-state index contributed by atoms with van der Waals surface area (Å²) < 4.78 is 31.4. The molecule has 0 aliphatic heterocycles. The highest BCUT2D eigenvalue weighted by atomic mass is 35.5. The molecular weight excluding hydrogens is 318 g/mol. The molecule has 2 rings (SSSR count). The van der Waals surface area contributed by atoms with Gasteiger partial charge in [0.05, 0.1) is 5.02 Å². The van der Waals surface area contributed by atoms with Gasteiger partial charge in [0.15, 0.2) is 0 Å². The van der Waals surface area contributed by atoms with E-state index >= 15 is 0 Å². The van der Waals surface area contributed by atoms with Gasteiger partial charge in [0.25, 0.3) is 10.0 Å². The second-order valence-electron chi connectivity index (χ2n) is 4.04. The van der Waals surface area contributed by atoms with E-state index in [9.17, 15) is 8.42 Å². The fourth-order valence-electron chi connectivity index (χ4n) is 1.53. The number of para-hydroxylation sites is 1. The zero-order chi connectivity index (χ0) is 14.6. The molecule has 0 N–H and O–H groups in total. The Balaban J connectivity index is 1.93. The SMILES string of the molecule is CN(CCOc1ccccc1Cl)S(=O)(=O)c1cccs1. The van der Waals surface area contributed by atoms with Gasteiger partial charge < -0.3 is 4.74 Å². The van der Waals surface area contributed by atoms with Gasteiger partial charge >= 0.3 is 0 Å². The average Bonchev–Trinajstić information content (AvgIpc) is 2.95. The monoisotopic (exact) mass is 331 g/mol. The van der Waals surface area contributed by atoms with Crippen LogP contribution in [-0.4, -0.2) is 32.9 Å². The normalized spacial score (nSPS) is 11.8.